The van der Waals surface area contributed by atoms with Gasteiger partial charge in [-0.2, -0.15) is 5.26 Å². The maximum Gasteiger partial charge on any atom is 0.313 e. The minimum Gasteiger partial charge on any atom is -0.494 e. The van der Waals surface area contributed by atoms with Crippen LogP contribution in [0.4, 0.5) is 5.69 Å². The number of hydrogen-bond donors (Lipinski definition) is 0. The maximum atomic E-state index is 12.6. The molecule has 1 aliphatic rings. The first-order chi connectivity index (χ1) is 13.1. The highest BCUT2D eigenvalue weighted by Crippen LogP contribution is 2.39. The first kappa shape index (κ1) is 20.8. The Labute approximate surface area is 162 Å². The van der Waals surface area contributed by atoms with Gasteiger partial charge >= 0.3 is 5.97 Å². The standard InChI is InChI=1S/C22H28N2O3/c1-4-6-7-8-16-9-11-17(12-10-16)22(25)27-20-14-13-19(26-5-2)18(15-23)21(20)24-3/h13-14,16-17H,4-12H2,1-2H3. The Balaban J connectivity index is 2.00. The fraction of sp³-hybridized carbons (Fsp3) is 0.591. The Morgan fingerprint density at radius 3 is 2.52 bits per heavy atom. The van der Waals surface area contributed by atoms with E-state index in [9.17, 15) is 10.1 Å². The van der Waals surface area contributed by atoms with Crippen molar-refractivity contribution < 1.29 is 14.3 Å². The summed E-state index contributed by atoms with van der Waals surface area (Å²) in [5.74, 6) is 0.802. The van der Waals surface area contributed by atoms with Crippen molar-refractivity contribution >= 4 is 11.7 Å². The predicted molar refractivity (Wildman–Crippen MR) is 104 cm³/mol. The summed E-state index contributed by atoms with van der Waals surface area (Å²) in [5, 5.41) is 9.37. The first-order valence-corrected chi connectivity index (χ1v) is 9.93. The number of nitrogens with zero attached hydrogens (tertiary/aromatic N) is 2. The van der Waals surface area contributed by atoms with Gasteiger partial charge in [-0.3, -0.25) is 4.79 Å². The van der Waals surface area contributed by atoms with E-state index >= 15 is 0 Å². The number of rotatable bonds is 8. The fourth-order valence-electron chi connectivity index (χ4n) is 3.69. The molecule has 1 aromatic rings. The van der Waals surface area contributed by atoms with E-state index in [2.05, 4.69) is 11.8 Å². The second kappa shape index (κ2) is 10.6. The molecule has 1 saturated carbocycles. The van der Waals surface area contributed by atoms with Crippen LogP contribution in [0.5, 0.6) is 11.5 Å². The first-order valence-electron chi connectivity index (χ1n) is 9.93. The summed E-state index contributed by atoms with van der Waals surface area (Å²) in [7, 11) is 0. The number of carbonyl (C=O) groups is 1. The van der Waals surface area contributed by atoms with E-state index in [1.165, 1.54) is 25.7 Å². The van der Waals surface area contributed by atoms with E-state index in [-0.39, 0.29) is 28.9 Å². The van der Waals surface area contributed by atoms with Gasteiger partial charge in [0, 0.05) is 0 Å². The molecule has 0 radical (unpaired) electrons. The summed E-state index contributed by atoms with van der Waals surface area (Å²) < 4.78 is 10.9. The van der Waals surface area contributed by atoms with Gasteiger partial charge in [-0.15, -0.1) is 0 Å². The molecule has 0 N–H and O–H groups in total. The zero-order chi connectivity index (χ0) is 19.6. The van der Waals surface area contributed by atoms with E-state index in [0.29, 0.717) is 12.4 Å². The lowest BCUT2D eigenvalue weighted by atomic mass is 9.80. The number of esters is 1. The Morgan fingerprint density at radius 2 is 1.93 bits per heavy atom. The van der Waals surface area contributed by atoms with Crippen LogP contribution < -0.4 is 9.47 Å². The molecule has 144 valence electrons. The third-order valence-electron chi connectivity index (χ3n) is 5.23. The minimum absolute atomic E-state index is 0.0463. The van der Waals surface area contributed by atoms with Crippen molar-refractivity contribution in [2.45, 2.75) is 65.2 Å². The lowest BCUT2D eigenvalue weighted by Crippen LogP contribution is -2.25. The van der Waals surface area contributed by atoms with Crippen LogP contribution in [0.15, 0.2) is 12.1 Å². The largest absolute Gasteiger partial charge is 0.494 e. The molecule has 0 aliphatic heterocycles. The third kappa shape index (κ3) is 5.47. The van der Waals surface area contributed by atoms with Crippen molar-refractivity contribution in [1.82, 2.24) is 0 Å². The SMILES string of the molecule is [C-]#[N+]c1c(OC(=O)C2CCC(CCCCC)CC2)ccc(OCC)c1C#N. The Kier molecular flexibility index (Phi) is 8.14. The zero-order valence-corrected chi connectivity index (χ0v) is 16.3. The van der Waals surface area contributed by atoms with Gasteiger partial charge in [-0.05, 0) is 50.7 Å². The highest BCUT2D eigenvalue weighted by atomic mass is 16.5. The number of benzene rings is 1. The number of nitriles is 1. The zero-order valence-electron chi connectivity index (χ0n) is 16.3. The van der Waals surface area contributed by atoms with Crippen LogP contribution in [-0.2, 0) is 4.79 Å². The minimum atomic E-state index is -0.292. The van der Waals surface area contributed by atoms with Gasteiger partial charge in [0.15, 0.2) is 0 Å². The van der Waals surface area contributed by atoms with E-state index in [0.717, 1.165) is 31.6 Å². The molecule has 0 heterocycles. The molecule has 1 fully saturated rings. The van der Waals surface area contributed by atoms with Gasteiger partial charge in [0.1, 0.15) is 17.1 Å². The van der Waals surface area contributed by atoms with Crippen LogP contribution in [0, 0.1) is 29.7 Å². The van der Waals surface area contributed by atoms with Crippen LogP contribution >= 0.6 is 0 Å². The second-order valence-corrected chi connectivity index (χ2v) is 7.08. The van der Waals surface area contributed by atoms with E-state index in [1.54, 1.807) is 12.1 Å². The fourth-order valence-corrected chi connectivity index (χ4v) is 3.69. The highest BCUT2D eigenvalue weighted by Gasteiger charge is 2.28. The summed E-state index contributed by atoms with van der Waals surface area (Å²) in [6.45, 7) is 11.8. The average Bonchev–Trinajstić information content (AvgIpc) is 2.69. The van der Waals surface area contributed by atoms with Crippen LogP contribution in [0.2, 0.25) is 0 Å². The van der Waals surface area contributed by atoms with Gasteiger partial charge in [-0.1, -0.05) is 32.6 Å². The third-order valence-corrected chi connectivity index (χ3v) is 5.23. The van der Waals surface area contributed by atoms with Crippen molar-refractivity contribution in [2.24, 2.45) is 11.8 Å². The van der Waals surface area contributed by atoms with E-state index in [1.807, 2.05) is 13.0 Å². The van der Waals surface area contributed by atoms with Crippen molar-refractivity contribution in [1.29, 1.82) is 5.26 Å². The molecule has 0 spiro atoms. The highest BCUT2D eigenvalue weighted by molar-refractivity contribution is 5.80. The molecule has 0 amide bonds. The number of ether oxygens (including phenoxy) is 2. The Hall–Kier alpha value is -2.53. The monoisotopic (exact) mass is 368 g/mol. The molecule has 0 atom stereocenters. The van der Waals surface area contributed by atoms with Crippen LogP contribution in [-0.4, -0.2) is 12.6 Å². The quantitative estimate of drug-likeness (QED) is 0.252. The van der Waals surface area contributed by atoms with Crippen LogP contribution in [0.1, 0.15) is 70.8 Å². The number of hydrogen-bond acceptors (Lipinski definition) is 4. The van der Waals surface area contributed by atoms with Crippen LogP contribution in [0.25, 0.3) is 4.85 Å². The maximum absolute atomic E-state index is 12.6. The summed E-state index contributed by atoms with van der Waals surface area (Å²) in [6.07, 6.45) is 8.84. The molecule has 1 aromatic carbocycles. The van der Waals surface area contributed by atoms with Gasteiger partial charge in [0.2, 0.25) is 5.69 Å². The molecule has 5 heteroatoms. The molecule has 0 aromatic heterocycles. The van der Waals surface area contributed by atoms with Gasteiger partial charge in [0.25, 0.3) is 0 Å². The normalized spacial score (nSPS) is 19.0. The molecule has 0 saturated heterocycles. The van der Waals surface area contributed by atoms with Crippen LogP contribution in [0.3, 0.4) is 0 Å². The van der Waals surface area contributed by atoms with Gasteiger partial charge in [0.05, 0.1) is 25.2 Å². The summed E-state index contributed by atoms with van der Waals surface area (Å²) in [4.78, 5) is 16.0. The molecule has 27 heavy (non-hydrogen) atoms. The lowest BCUT2D eigenvalue weighted by molar-refractivity contribution is -0.140. The van der Waals surface area contributed by atoms with Crippen molar-refractivity contribution in [3.8, 4) is 17.6 Å². The number of carbonyl (C=O) groups excluding carboxylic acids is 1. The molecule has 0 unspecified atom stereocenters. The van der Waals surface area contributed by atoms with Gasteiger partial charge in [-0.25, -0.2) is 4.85 Å². The molecular formula is C22H28N2O3. The smallest absolute Gasteiger partial charge is 0.313 e. The summed E-state index contributed by atoms with van der Waals surface area (Å²) in [6, 6.07) is 5.13. The predicted octanol–water partition coefficient (Wildman–Crippen LogP) is 5.80. The lowest BCUT2D eigenvalue weighted by Gasteiger charge is -2.27. The van der Waals surface area contributed by atoms with E-state index in [4.69, 9.17) is 16.0 Å². The van der Waals surface area contributed by atoms with Crippen molar-refractivity contribution in [3.05, 3.63) is 29.1 Å². The van der Waals surface area contributed by atoms with Gasteiger partial charge < -0.3 is 9.47 Å². The Morgan fingerprint density at radius 1 is 1.22 bits per heavy atom. The van der Waals surface area contributed by atoms with E-state index < -0.39 is 0 Å². The summed E-state index contributed by atoms with van der Waals surface area (Å²) in [5.41, 5.74) is 0.168. The molecule has 2 rings (SSSR count). The average molecular weight is 368 g/mol. The molecular weight excluding hydrogens is 340 g/mol. The second-order valence-electron chi connectivity index (χ2n) is 7.08. The topological polar surface area (TPSA) is 63.7 Å². The van der Waals surface area contributed by atoms with Crippen molar-refractivity contribution in [3.63, 3.8) is 0 Å². The molecule has 0 bridgehead atoms. The summed E-state index contributed by atoms with van der Waals surface area (Å²) >= 11 is 0. The Bertz CT molecular complexity index is 722. The molecule has 1 aliphatic carbocycles. The van der Waals surface area contributed by atoms with Crippen molar-refractivity contribution in [2.75, 3.05) is 6.61 Å². The molecule has 5 nitrogen and oxygen atoms in total. The number of unbranched alkanes of at least 4 members (excludes halogenated alkanes) is 2.